The number of hydrogen-bond donors (Lipinski definition) is 3. The monoisotopic (exact) mass is 387 g/mol. The number of rotatable bonds is 13. The minimum atomic E-state index is -2.28. The molecule has 0 aliphatic heterocycles. The van der Waals surface area contributed by atoms with E-state index >= 15 is 0 Å². The Morgan fingerprint density at radius 1 is 1.27 bits per heavy atom. The first-order chi connectivity index (χ1) is 12.4. The van der Waals surface area contributed by atoms with E-state index in [2.05, 4.69) is 10.0 Å². The number of nitro benzene ring substituents is 1. The van der Waals surface area contributed by atoms with Gasteiger partial charge in [-0.3, -0.25) is 24.2 Å². The largest absolute Gasteiger partial charge is 0.466 e. The number of nitro groups is 1. The topological polar surface area (TPSA) is 131 Å². The molecule has 1 rings (SSSR count). The molecule has 0 heterocycles. The maximum atomic E-state index is 11.2. The predicted octanol–water partition coefficient (Wildman–Crippen LogP) is 3.46. The maximum Gasteiger partial charge on any atom is 0.305 e. The molecular weight excluding hydrogens is 362 g/mol. The molecule has 3 N–H and O–H groups in total. The van der Waals surface area contributed by atoms with Crippen molar-refractivity contribution in [2.45, 2.75) is 45.4 Å². The highest BCUT2D eigenvalue weighted by molar-refractivity contribution is 7.80. The van der Waals surface area contributed by atoms with Gasteiger partial charge in [0.2, 0.25) is 0 Å². The van der Waals surface area contributed by atoms with Crippen LogP contribution in [0.2, 0.25) is 0 Å². The summed E-state index contributed by atoms with van der Waals surface area (Å²) < 4.78 is 26.5. The Balaban J connectivity index is 2.31. The van der Waals surface area contributed by atoms with Crippen molar-refractivity contribution < 1.29 is 23.2 Å². The van der Waals surface area contributed by atoms with Crippen molar-refractivity contribution in [1.82, 2.24) is 0 Å². The number of hydrogen-bond acceptors (Lipinski definition) is 6. The minimum absolute atomic E-state index is 0.158. The predicted molar refractivity (Wildman–Crippen MR) is 100 cm³/mol. The molecular formula is C16H25N3O6S. The highest BCUT2D eigenvalue weighted by atomic mass is 32.2. The van der Waals surface area contributed by atoms with Gasteiger partial charge in [-0.2, -0.15) is 0 Å². The molecule has 0 aliphatic carbocycles. The van der Waals surface area contributed by atoms with Gasteiger partial charge in [-0.25, -0.2) is 4.21 Å². The lowest BCUT2D eigenvalue weighted by atomic mass is 10.1. The van der Waals surface area contributed by atoms with Crippen LogP contribution >= 0.6 is 0 Å². The summed E-state index contributed by atoms with van der Waals surface area (Å²) in [7, 11) is 0. The Morgan fingerprint density at radius 2 is 1.96 bits per heavy atom. The fourth-order valence-corrected chi connectivity index (χ4v) is 2.71. The van der Waals surface area contributed by atoms with Gasteiger partial charge in [0.15, 0.2) is 0 Å². The van der Waals surface area contributed by atoms with Gasteiger partial charge in [-0.05, 0) is 31.9 Å². The van der Waals surface area contributed by atoms with Crippen LogP contribution in [0.1, 0.15) is 45.4 Å². The molecule has 26 heavy (non-hydrogen) atoms. The summed E-state index contributed by atoms with van der Waals surface area (Å²) in [4.78, 5) is 21.8. The van der Waals surface area contributed by atoms with Crippen LogP contribution in [-0.4, -0.2) is 32.8 Å². The normalized spacial score (nSPS) is 11.6. The van der Waals surface area contributed by atoms with E-state index in [0.717, 1.165) is 32.1 Å². The second-order valence-corrected chi connectivity index (χ2v) is 6.29. The number of ether oxygens (including phenoxy) is 1. The standard InChI is InChI=1S/C16H25N3O6S/c1-2-25-16(20)8-6-4-3-5-7-11-17-14-10-9-13(18-26(23)24)12-15(14)19(21)22/h9-10,12,17-18H,2-8,11H2,1H3,(H,23,24). The third kappa shape index (κ3) is 8.77. The zero-order valence-electron chi connectivity index (χ0n) is 14.7. The molecule has 9 nitrogen and oxygen atoms in total. The fourth-order valence-electron chi connectivity index (χ4n) is 2.38. The molecule has 0 bridgehead atoms. The first-order valence-electron chi connectivity index (χ1n) is 8.49. The quantitative estimate of drug-likeness (QED) is 0.155. The van der Waals surface area contributed by atoms with Gasteiger partial charge >= 0.3 is 5.97 Å². The van der Waals surface area contributed by atoms with Gasteiger partial charge in [0.25, 0.3) is 17.0 Å². The molecule has 0 fully saturated rings. The smallest absolute Gasteiger partial charge is 0.305 e. The summed E-state index contributed by atoms with van der Waals surface area (Å²) in [6.45, 7) is 2.77. The number of benzene rings is 1. The molecule has 1 aromatic rings. The second kappa shape index (κ2) is 12.2. The number of unbranched alkanes of at least 4 members (excludes halogenated alkanes) is 4. The molecule has 0 saturated carbocycles. The molecule has 0 saturated heterocycles. The van der Waals surface area contributed by atoms with Crippen molar-refractivity contribution in [2.75, 3.05) is 23.2 Å². The van der Waals surface area contributed by atoms with E-state index in [1.54, 1.807) is 6.92 Å². The van der Waals surface area contributed by atoms with Crippen LogP contribution < -0.4 is 10.0 Å². The molecule has 0 spiro atoms. The first-order valence-corrected chi connectivity index (χ1v) is 9.60. The Hall–Kier alpha value is -2.20. The average molecular weight is 387 g/mol. The number of esters is 1. The number of carbonyl (C=O) groups excluding carboxylic acids is 1. The van der Waals surface area contributed by atoms with Crippen LogP contribution in [-0.2, 0) is 20.8 Å². The van der Waals surface area contributed by atoms with Crippen molar-refractivity contribution in [2.24, 2.45) is 0 Å². The molecule has 0 aromatic heterocycles. The summed E-state index contributed by atoms with van der Waals surface area (Å²) in [6, 6.07) is 4.22. The molecule has 146 valence electrons. The van der Waals surface area contributed by atoms with Crippen molar-refractivity contribution in [1.29, 1.82) is 0 Å². The summed E-state index contributed by atoms with van der Waals surface area (Å²) in [5, 5.41) is 14.1. The Morgan fingerprint density at radius 3 is 2.62 bits per heavy atom. The molecule has 10 heteroatoms. The fraction of sp³-hybridized carbons (Fsp3) is 0.562. The van der Waals surface area contributed by atoms with Gasteiger partial charge in [-0.15, -0.1) is 0 Å². The lowest BCUT2D eigenvalue weighted by Gasteiger charge is -2.09. The third-order valence-electron chi connectivity index (χ3n) is 3.58. The summed E-state index contributed by atoms with van der Waals surface area (Å²) >= 11 is -2.28. The van der Waals surface area contributed by atoms with E-state index in [-0.39, 0.29) is 17.3 Å². The molecule has 0 amide bonds. The molecule has 0 aliphatic rings. The number of nitrogens with one attached hydrogen (secondary N) is 2. The van der Waals surface area contributed by atoms with Crippen LogP contribution in [0.3, 0.4) is 0 Å². The zero-order valence-corrected chi connectivity index (χ0v) is 15.5. The van der Waals surface area contributed by atoms with Gasteiger partial charge in [-0.1, -0.05) is 19.3 Å². The molecule has 0 radical (unpaired) electrons. The average Bonchev–Trinajstić information content (AvgIpc) is 2.57. The van der Waals surface area contributed by atoms with Gasteiger partial charge in [0.1, 0.15) is 5.69 Å². The Labute approximate surface area is 155 Å². The Bertz CT molecular complexity index is 626. The van der Waals surface area contributed by atoms with E-state index in [9.17, 15) is 19.1 Å². The summed E-state index contributed by atoms with van der Waals surface area (Å²) in [6.07, 6.45) is 4.96. The third-order valence-corrected chi connectivity index (χ3v) is 3.99. The van der Waals surface area contributed by atoms with Crippen molar-refractivity contribution >= 4 is 34.3 Å². The van der Waals surface area contributed by atoms with E-state index in [1.165, 1.54) is 18.2 Å². The maximum absolute atomic E-state index is 11.2. The highest BCUT2D eigenvalue weighted by Gasteiger charge is 2.14. The van der Waals surface area contributed by atoms with Crippen LogP contribution in [0.4, 0.5) is 17.1 Å². The Kier molecular flexibility index (Phi) is 10.3. The number of anilines is 2. The van der Waals surface area contributed by atoms with E-state index in [4.69, 9.17) is 9.29 Å². The van der Waals surface area contributed by atoms with Crippen LogP contribution in [0.5, 0.6) is 0 Å². The van der Waals surface area contributed by atoms with Crippen molar-refractivity contribution in [3.05, 3.63) is 28.3 Å². The SMILES string of the molecule is CCOC(=O)CCCCCCCNc1ccc(NS(=O)O)cc1[N+](=O)[O-]. The lowest BCUT2D eigenvalue weighted by molar-refractivity contribution is -0.383. The first kappa shape index (κ1) is 21.8. The minimum Gasteiger partial charge on any atom is -0.466 e. The van der Waals surface area contributed by atoms with E-state index < -0.39 is 16.2 Å². The zero-order chi connectivity index (χ0) is 19.4. The van der Waals surface area contributed by atoms with Crippen LogP contribution in [0.15, 0.2) is 18.2 Å². The van der Waals surface area contributed by atoms with Gasteiger partial charge in [0.05, 0.1) is 17.2 Å². The molecule has 1 aromatic carbocycles. The summed E-state index contributed by atoms with van der Waals surface area (Å²) in [5.74, 6) is -0.163. The van der Waals surface area contributed by atoms with E-state index in [0.29, 0.717) is 25.3 Å². The van der Waals surface area contributed by atoms with Crippen molar-refractivity contribution in [3.63, 3.8) is 0 Å². The van der Waals surface area contributed by atoms with E-state index in [1.807, 2.05) is 0 Å². The highest BCUT2D eigenvalue weighted by Crippen LogP contribution is 2.28. The lowest BCUT2D eigenvalue weighted by Crippen LogP contribution is -2.06. The van der Waals surface area contributed by atoms with Crippen LogP contribution in [0, 0.1) is 10.1 Å². The number of carbonyl (C=O) groups is 1. The number of nitrogens with zero attached hydrogens (tertiary/aromatic N) is 1. The summed E-state index contributed by atoms with van der Waals surface area (Å²) in [5.41, 5.74) is 0.408. The molecule has 1 atom stereocenters. The van der Waals surface area contributed by atoms with Crippen LogP contribution in [0.25, 0.3) is 0 Å². The molecule has 1 unspecified atom stereocenters. The second-order valence-electron chi connectivity index (χ2n) is 5.59. The van der Waals surface area contributed by atoms with Gasteiger partial charge < -0.3 is 10.1 Å². The van der Waals surface area contributed by atoms with Crippen molar-refractivity contribution in [3.8, 4) is 0 Å². The van der Waals surface area contributed by atoms with Gasteiger partial charge in [0, 0.05) is 19.0 Å².